The summed E-state index contributed by atoms with van der Waals surface area (Å²) >= 11 is 0. The molecule has 0 saturated carbocycles. The highest BCUT2D eigenvalue weighted by atomic mass is 16.5. The molecule has 0 spiro atoms. The van der Waals surface area contributed by atoms with Gasteiger partial charge >= 0.3 is 0 Å². The first-order valence-electron chi connectivity index (χ1n) is 3.50. The molecule has 0 aromatic heterocycles. The second-order valence-electron chi connectivity index (χ2n) is 2.82. The van der Waals surface area contributed by atoms with Crippen molar-refractivity contribution in [1.82, 2.24) is 5.06 Å². The Kier molecular flexibility index (Phi) is 2.31. The van der Waals surface area contributed by atoms with Gasteiger partial charge in [-0.1, -0.05) is 12.2 Å². The topological polar surface area (TPSA) is 35.5 Å². The number of ether oxygens (including phenoxy) is 1. The minimum atomic E-state index is -0.524. The van der Waals surface area contributed by atoms with Crippen molar-refractivity contribution >= 4 is 0 Å². The molecule has 0 aromatic rings. The van der Waals surface area contributed by atoms with Crippen molar-refractivity contribution in [2.45, 2.75) is 12.5 Å². The summed E-state index contributed by atoms with van der Waals surface area (Å²) < 4.78 is 4.93. The third kappa shape index (κ3) is 1.61. The van der Waals surface area contributed by atoms with E-state index in [0.717, 1.165) is 5.06 Å². The summed E-state index contributed by atoms with van der Waals surface area (Å²) in [6.45, 7) is 2.25. The lowest BCUT2D eigenvalue weighted by atomic mass is 10.0. The van der Waals surface area contributed by atoms with Crippen LogP contribution in [0.2, 0.25) is 0 Å². The number of hydroxylamine groups is 2. The molecule has 1 unspecified atom stereocenters. The van der Waals surface area contributed by atoms with Gasteiger partial charge < -0.3 is 15.0 Å². The Morgan fingerprint density at radius 1 is 1.55 bits per heavy atom. The Hall–Kier alpha value is -0.800. The standard InChI is InChI=1S/C8H12NO2/c1-8(7-11-2)5-3-4-6-9(8)10/h3-6H,7H2,1-2H3/q-1. The number of hydrogen-bond acceptors (Lipinski definition) is 3. The second-order valence-corrected chi connectivity index (χ2v) is 2.82. The first-order valence-corrected chi connectivity index (χ1v) is 3.50. The highest BCUT2D eigenvalue weighted by Gasteiger charge is 2.21. The molecule has 1 atom stereocenters. The summed E-state index contributed by atoms with van der Waals surface area (Å²) in [5, 5.41) is 12.1. The molecule has 11 heavy (non-hydrogen) atoms. The fourth-order valence-corrected chi connectivity index (χ4v) is 1.04. The maximum Gasteiger partial charge on any atom is 0.0720 e. The average Bonchev–Trinajstić information content (AvgIpc) is 1.96. The Balaban J connectivity index is 2.68. The van der Waals surface area contributed by atoms with Crippen LogP contribution in [-0.4, -0.2) is 24.3 Å². The number of hydrogen-bond donors (Lipinski definition) is 0. The predicted octanol–water partition coefficient (Wildman–Crippen LogP) is 1.27. The average molecular weight is 154 g/mol. The molecular formula is C8H12NO2-. The molecule has 3 heteroatoms. The maximum absolute atomic E-state index is 11.2. The van der Waals surface area contributed by atoms with E-state index in [2.05, 4.69) is 0 Å². The van der Waals surface area contributed by atoms with Gasteiger partial charge in [-0.25, -0.2) is 0 Å². The zero-order valence-electron chi connectivity index (χ0n) is 6.78. The molecule has 0 N–H and O–H groups in total. The molecule has 1 aliphatic rings. The largest absolute Gasteiger partial charge is 0.758 e. The van der Waals surface area contributed by atoms with Gasteiger partial charge in [0, 0.05) is 7.11 Å². The lowest BCUT2D eigenvalue weighted by Crippen LogP contribution is -2.42. The van der Waals surface area contributed by atoms with Gasteiger partial charge in [0.15, 0.2) is 0 Å². The van der Waals surface area contributed by atoms with E-state index in [1.54, 1.807) is 13.2 Å². The number of allylic oxidation sites excluding steroid dienone is 2. The molecule has 0 fully saturated rings. The van der Waals surface area contributed by atoms with Crippen molar-refractivity contribution < 1.29 is 4.74 Å². The molecular weight excluding hydrogens is 142 g/mol. The molecule has 3 nitrogen and oxygen atoms in total. The Labute approximate surface area is 66.5 Å². The van der Waals surface area contributed by atoms with E-state index in [1.165, 1.54) is 6.20 Å². The molecule has 0 radical (unpaired) electrons. The van der Waals surface area contributed by atoms with E-state index in [-0.39, 0.29) is 0 Å². The predicted molar refractivity (Wildman–Crippen MR) is 43.8 cm³/mol. The molecule has 0 aliphatic carbocycles. The summed E-state index contributed by atoms with van der Waals surface area (Å²) in [4.78, 5) is 0. The van der Waals surface area contributed by atoms with Gasteiger partial charge in [0.1, 0.15) is 0 Å². The van der Waals surface area contributed by atoms with Crippen LogP contribution in [0.15, 0.2) is 24.4 Å². The normalized spacial score (nSPS) is 29.5. The van der Waals surface area contributed by atoms with Crippen LogP contribution < -0.4 is 0 Å². The number of rotatable bonds is 2. The van der Waals surface area contributed by atoms with Crippen LogP contribution in [0.25, 0.3) is 0 Å². The molecule has 0 bridgehead atoms. The summed E-state index contributed by atoms with van der Waals surface area (Å²) in [6, 6.07) is 0. The lowest BCUT2D eigenvalue weighted by molar-refractivity contribution is 0.104. The van der Waals surface area contributed by atoms with Crippen LogP contribution >= 0.6 is 0 Å². The molecule has 1 rings (SSSR count). The van der Waals surface area contributed by atoms with Crippen LogP contribution in [0, 0.1) is 5.21 Å². The van der Waals surface area contributed by atoms with Gasteiger partial charge in [0.2, 0.25) is 0 Å². The molecule has 0 saturated heterocycles. The minimum absolute atomic E-state index is 0.414. The van der Waals surface area contributed by atoms with Crippen LogP contribution in [0.4, 0.5) is 0 Å². The summed E-state index contributed by atoms with van der Waals surface area (Å²) in [6.07, 6.45) is 6.90. The van der Waals surface area contributed by atoms with Crippen molar-refractivity contribution in [3.05, 3.63) is 29.6 Å². The molecule has 62 valence electrons. The summed E-state index contributed by atoms with van der Waals surface area (Å²) in [5.41, 5.74) is -0.524. The summed E-state index contributed by atoms with van der Waals surface area (Å²) in [7, 11) is 1.59. The van der Waals surface area contributed by atoms with Crippen LogP contribution in [-0.2, 0) is 4.74 Å². The third-order valence-electron chi connectivity index (χ3n) is 1.73. The molecule has 1 aliphatic heterocycles. The van der Waals surface area contributed by atoms with Gasteiger partial charge in [0.25, 0.3) is 0 Å². The SMILES string of the molecule is COCC1(C)C=CC=CN1[O-]. The van der Waals surface area contributed by atoms with Gasteiger partial charge in [-0.05, 0) is 19.2 Å². The maximum atomic E-state index is 11.2. The first kappa shape index (κ1) is 8.30. The fourth-order valence-electron chi connectivity index (χ4n) is 1.04. The van der Waals surface area contributed by atoms with E-state index in [1.807, 2.05) is 19.1 Å². The van der Waals surface area contributed by atoms with E-state index in [9.17, 15) is 5.21 Å². The van der Waals surface area contributed by atoms with Crippen LogP contribution in [0.1, 0.15) is 6.92 Å². The Morgan fingerprint density at radius 2 is 2.27 bits per heavy atom. The first-order chi connectivity index (χ1) is 5.19. The smallest absolute Gasteiger partial charge is 0.0720 e. The van der Waals surface area contributed by atoms with Crippen molar-refractivity contribution in [3.8, 4) is 0 Å². The van der Waals surface area contributed by atoms with Crippen molar-refractivity contribution in [1.29, 1.82) is 0 Å². The van der Waals surface area contributed by atoms with Crippen LogP contribution in [0.5, 0.6) is 0 Å². The third-order valence-corrected chi connectivity index (χ3v) is 1.73. The van der Waals surface area contributed by atoms with E-state index in [0.29, 0.717) is 6.61 Å². The van der Waals surface area contributed by atoms with Crippen molar-refractivity contribution in [3.63, 3.8) is 0 Å². The van der Waals surface area contributed by atoms with Crippen molar-refractivity contribution in [2.75, 3.05) is 13.7 Å². The minimum Gasteiger partial charge on any atom is -0.758 e. The number of nitrogens with zero attached hydrogens (tertiary/aromatic N) is 1. The number of methoxy groups -OCH3 is 1. The van der Waals surface area contributed by atoms with Gasteiger partial charge in [-0.3, -0.25) is 0 Å². The van der Waals surface area contributed by atoms with E-state index < -0.39 is 5.54 Å². The summed E-state index contributed by atoms with van der Waals surface area (Å²) in [5.74, 6) is 0. The fraction of sp³-hybridized carbons (Fsp3) is 0.500. The molecule has 0 amide bonds. The lowest BCUT2D eigenvalue weighted by Gasteiger charge is -2.44. The van der Waals surface area contributed by atoms with Crippen LogP contribution in [0.3, 0.4) is 0 Å². The zero-order chi connectivity index (χ0) is 8.32. The molecule has 0 aromatic carbocycles. The quantitative estimate of drug-likeness (QED) is 0.601. The monoisotopic (exact) mass is 154 g/mol. The zero-order valence-corrected chi connectivity index (χ0v) is 6.78. The van der Waals surface area contributed by atoms with Gasteiger partial charge in [-0.2, -0.15) is 0 Å². The highest BCUT2D eigenvalue weighted by molar-refractivity contribution is 5.19. The Morgan fingerprint density at radius 3 is 2.82 bits per heavy atom. The van der Waals surface area contributed by atoms with Gasteiger partial charge in [-0.15, -0.1) is 0 Å². The molecule has 1 heterocycles. The van der Waals surface area contributed by atoms with E-state index in [4.69, 9.17) is 4.74 Å². The van der Waals surface area contributed by atoms with Crippen molar-refractivity contribution in [2.24, 2.45) is 0 Å². The van der Waals surface area contributed by atoms with E-state index >= 15 is 0 Å². The Bertz CT molecular complexity index is 189. The van der Waals surface area contributed by atoms with Gasteiger partial charge in [0.05, 0.1) is 12.1 Å². The second kappa shape index (κ2) is 3.07. The highest BCUT2D eigenvalue weighted by Crippen LogP contribution is 2.19.